The van der Waals surface area contributed by atoms with Crippen LogP contribution in [0.2, 0.25) is 0 Å². The highest BCUT2D eigenvalue weighted by molar-refractivity contribution is 7.99. The number of carbonyl (C=O) groups is 1. The Morgan fingerprint density at radius 3 is 2.57 bits per heavy atom. The zero-order valence-electron chi connectivity index (χ0n) is 16.8. The molecule has 2 fully saturated rings. The summed E-state index contributed by atoms with van der Waals surface area (Å²) >= 11 is 1.27. The summed E-state index contributed by atoms with van der Waals surface area (Å²) in [7, 11) is -1.46. The maximum absolute atomic E-state index is 13.2. The quantitative estimate of drug-likeness (QED) is 0.586. The molecule has 11 heteroatoms. The van der Waals surface area contributed by atoms with Crippen molar-refractivity contribution in [3.8, 4) is 11.4 Å². The summed E-state index contributed by atoms with van der Waals surface area (Å²) in [6.45, 7) is 0. The molecule has 0 radical (unpaired) electrons. The number of carbonyl (C=O) groups excluding carboxylic acids is 1. The Kier molecular flexibility index (Phi) is 6.28. The van der Waals surface area contributed by atoms with Gasteiger partial charge in [-0.15, -0.1) is 5.10 Å². The molecule has 1 aromatic heterocycles. The molecule has 1 aliphatic carbocycles. The maximum atomic E-state index is 13.2. The Hall–Kier alpha value is -2.14. The minimum absolute atomic E-state index is 0.0433. The van der Waals surface area contributed by atoms with Gasteiger partial charge in [0.2, 0.25) is 11.1 Å². The fourth-order valence-corrected chi connectivity index (χ4v) is 6.71. The summed E-state index contributed by atoms with van der Waals surface area (Å²) in [5.74, 6) is 1.09. The van der Waals surface area contributed by atoms with E-state index in [2.05, 4.69) is 15.5 Å². The monoisotopic (exact) mass is 451 g/mol. The maximum Gasteiger partial charge on any atom is 0.233 e. The van der Waals surface area contributed by atoms with Crippen molar-refractivity contribution < 1.29 is 17.9 Å². The fourth-order valence-electron chi connectivity index (χ4n) is 4.24. The van der Waals surface area contributed by atoms with Gasteiger partial charge in [0, 0.05) is 12.1 Å². The number of nitrogens with zero attached hydrogens (tertiary/aromatic N) is 5. The molecule has 0 N–H and O–H groups in total. The Morgan fingerprint density at radius 1 is 1.20 bits per heavy atom. The van der Waals surface area contributed by atoms with Crippen LogP contribution in [-0.2, 0) is 14.6 Å². The van der Waals surface area contributed by atoms with Gasteiger partial charge in [-0.05, 0) is 54.0 Å². The molecule has 30 heavy (non-hydrogen) atoms. The molecule has 1 aliphatic heterocycles. The van der Waals surface area contributed by atoms with Crippen LogP contribution in [0, 0.1) is 0 Å². The molecule has 1 amide bonds. The number of sulfone groups is 1. The van der Waals surface area contributed by atoms with Crippen molar-refractivity contribution in [2.45, 2.75) is 49.3 Å². The van der Waals surface area contributed by atoms with Crippen LogP contribution in [0.25, 0.3) is 5.69 Å². The second kappa shape index (κ2) is 8.93. The van der Waals surface area contributed by atoms with Crippen LogP contribution in [0.5, 0.6) is 5.75 Å². The summed E-state index contributed by atoms with van der Waals surface area (Å²) in [4.78, 5) is 15.0. The number of amides is 1. The Labute approximate surface area is 180 Å². The normalized spacial score (nSPS) is 21.0. The van der Waals surface area contributed by atoms with Crippen LogP contribution >= 0.6 is 11.8 Å². The van der Waals surface area contributed by atoms with E-state index in [-0.39, 0.29) is 35.2 Å². The zero-order chi connectivity index (χ0) is 21.1. The lowest BCUT2D eigenvalue weighted by atomic mass is 10.1. The summed E-state index contributed by atoms with van der Waals surface area (Å²) < 4.78 is 30.7. The molecule has 1 saturated carbocycles. The van der Waals surface area contributed by atoms with E-state index in [0.717, 1.165) is 37.1 Å². The average molecular weight is 452 g/mol. The molecular formula is C19H25N5O4S2. The average Bonchev–Trinajstić information content (AvgIpc) is 3.48. The number of thioether (sulfide) groups is 1. The first kappa shape index (κ1) is 21.1. The van der Waals surface area contributed by atoms with Gasteiger partial charge in [0.15, 0.2) is 9.84 Å². The molecule has 1 saturated heterocycles. The third kappa shape index (κ3) is 4.61. The number of rotatable bonds is 7. The summed E-state index contributed by atoms with van der Waals surface area (Å²) in [5, 5.41) is 12.3. The second-order valence-electron chi connectivity index (χ2n) is 7.66. The number of methoxy groups -OCH3 is 1. The summed E-state index contributed by atoms with van der Waals surface area (Å²) in [5.41, 5.74) is 0.769. The van der Waals surface area contributed by atoms with Gasteiger partial charge in [0.05, 0.1) is 30.1 Å². The Morgan fingerprint density at radius 2 is 1.93 bits per heavy atom. The lowest BCUT2D eigenvalue weighted by Crippen LogP contribution is -2.47. The van der Waals surface area contributed by atoms with Crippen LogP contribution in [-0.4, -0.2) is 75.9 Å². The number of aromatic nitrogens is 4. The highest BCUT2D eigenvalue weighted by atomic mass is 32.2. The number of ether oxygens (including phenoxy) is 1. The van der Waals surface area contributed by atoms with Gasteiger partial charge in [0.25, 0.3) is 0 Å². The van der Waals surface area contributed by atoms with Crippen molar-refractivity contribution in [2.24, 2.45) is 0 Å². The number of tetrazole rings is 1. The third-order valence-electron chi connectivity index (χ3n) is 5.69. The molecule has 1 atom stereocenters. The smallest absolute Gasteiger partial charge is 0.233 e. The van der Waals surface area contributed by atoms with E-state index in [1.165, 1.54) is 11.8 Å². The second-order valence-corrected chi connectivity index (χ2v) is 10.8. The van der Waals surface area contributed by atoms with Gasteiger partial charge in [-0.3, -0.25) is 4.79 Å². The molecular weight excluding hydrogens is 426 g/mol. The van der Waals surface area contributed by atoms with Gasteiger partial charge in [-0.2, -0.15) is 4.68 Å². The Bertz CT molecular complexity index is 987. The van der Waals surface area contributed by atoms with E-state index in [9.17, 15) is 13.2 Å². The molecule has 0 spiro atoms. The predicted molar refractivity (Wildman–Crippen MR) is 113 cm³/mol. The molecule has 162 valence electrons. The Balaban J connectivity index is 1.47. The van der Waals surface area contributed by atoms with Gasteiger partial charge in [0.1, 0.15) is 5.75 Å². The van der Waals surface area contributed by atoms with Gasteiger partial charge >= 0.3 is 0 Å². The van der Waals surface area contributed by atoms with Crippen LogP contribution < -0.4 is 4.74 Å². The fraction of sp³-hybridized carbons (Fsp3) is 0.579. The van der Waals surface area contributed by atoms with E-state index in [1.54, 1.807) is 11.8 Å². The minimum Gasteiger partial charge on any atom is -0.497 e. The zero-order valence-corrected chi connectivity index (χ0v) is 18.4. The van der Waals surface area contributed by atoms with E-state index in [4.69, 9.17) is 4.74 Å². The van der Waals surface area contributed by atoms with Crippen LogP contribution in [0.15, 0.2) is 29.4 Å². The van der Waals surface area contributed by atoms with E-state index in [1.807, 2.05) is 29.2 Å². The molecule has 1 unspecified atom stereocenters. The van der Waals surface area contributed by atoms with Crippen molar-refractivity contribution >= 4 is 27.5 Å². The lowest BCUT2D eigenvalue weighted by Gasteiger charge is -2.34. The molecule has 0 bridgehead atoms. The van der Waals surface area contributed by atoms with Crippen molar-refractivity contribution in [2.75, 3.05) is 24.4 Å². The molecule has 9 nitrogen and oxygen atoms in total. The van der Waals surface area contributed by atoms with Gasteiger partial charge < -0.3 is 9.64 Å². The number of hydrogen-bond donors (Lipinski definition) is 0. The molecule has 2 aromatic rings. The minimum atomic E-state index is -3.06. The van der Waals surface area contributed by atoms with Gasteiger partial charge in [-0.1, -0.05) is 24.6 Å². The van der Waals surface area contributed by atoms with E-state index >= 15 is 0 Å². The molecule has 1 aromatic carbocycles. The SMILES string of the molecule is COc1ccc(-n2nnnc2SCC(=O)N(C2CCCC2)C2CCS(=O)(=O)C2)cc1. The van der Waals surface area contributed by atoms with Crippen molar-refractivity contribution in [3.05, 3.63) is 24.3 Å². The lowest BCUT2D eigenvalue weighted by molar-refractivity contribution is -0.132. The molecule has 2 aliphatic rings. The molecule has 2 heterocycles. The van der Waals surface area contributed by atoms with Crippen molar-refractivity contribution in [1.82, 2.24) is 25.1 Å². The first-order valence-electron chi connectivity index (χ1n) is 10.0. The first-order valence-corrected chi connectivity index (χ1v) is 12.8. The van der Waals surface area contributed by atoms with E-state index < -0.39 is 9.84 Å². The number of hydrogen-bond acceptors (Lipinski definition) is 8. The summed E-state index contributed by atoms with van der Waals surface area (Å²) in [6, 6.07) is 7.24. The van der Waals surface area contributed by atoms with Crippen molar-refractivity contribution in [1.29, 1.82) is 0 Å². The number of benzene rings is 1. The van der Waals surface area contributed by atoms with Crippen LogP contribution in [0.4, 0.5) is 0 Å². The van der Waals surface area contributed by atoms with Crippen molar-refractivity contribution in [3.63, 3.8) is 0 Å². The standard InChI is InChI=1S/C19H25N5O4S2/c1-28-17-8-6-15(7-9-17)24-19(20-21-22-24)29-12-18(25)23(14-4-2-3-5-14)16-10-11-30(26,27)13-16/h6-9,14,16H,2-5,10-13H2,1H3. The largest absolute Gasteiger partial charge is 0.497 e. The topological polar surface area (TPSA) is 107 Å². The molecule has 4 rings (SSSR count). The third-order valence-corrected chi connectivity index (χ3v) is 8.34. The summed E-state index contributed by atoms with van der Waals surface area (Å²) in [6.07, 6.45) is 4.57. The van der Waals surface area contributed by atoms with Crippen LogP contribution in [0.3, 0.4) is 0 Å². The predicted octanol–water partition coefficient (Wildman–Crippen LogP) is 1.72. The first-order chi connectivity index (χ1) is 14.5. The van der Waals surface area contributed by atoms with E-state index in [0.29, 0.717) is 11.6 Å². The van der Waals surface area contributed by atoms with Crippen LogP contribution in [0.1, 0.15) is 32.1 Å². The van der Waals surface area contributed by atoms with Gasteiger partial charge in [-0.25, -0.2) is 8.42 Å². The highest BCUT2D eigenvalue weighted by Crippen LogP contribution is 2.30. The highest BCUT2D eigenvalue weighted by Gasteiger charge is 2.39.